The lowest BCUT2D eigenvalue weighted by molar-refractivity contribution is 0.376. The number of rotatable bonds is 2. The van der Waals surface area contributed by atoms with Crippen LogP contribution in [0.15, 0.2) is 84.9 Å². The molecule has 28 heavy (non-hydrogen) atoms. The molecule has 1 heteroatoms. The van der Waals surface area contributed by atoms with Crippen LogP contribution in [0.4, 0.5) is 0 Å². The van der Waals surface area contributed by atoms with E-state index in [0.717, 1.165) is 0 Å². The third-order valence-electron chi connectivity index (χ3n) is 7.75. The van der Waals surface area contributed by atoms with Gasteiger partial charge in [0.25, 0.3) is 0 Å². The standard InChI is InChI=1S/C27H32P/c1-25(2)23-19-13-14-20-24(23)26(3,4)28(27(25,5)6,21-15-9-7-10-16-21)22-17-11-8-12-18-22/h7-20H,1-6H3/q+1. The highest BCUT2D eigenvalue weighted by atomic mass is 31.2. The Balaban J connectivity index is 2.23. The van der Waals surface area contributed by atoms with Gasteiger partial charge in [0.15, 0.2) is 0 Å². The van der Waals surface area contributed by atoms with Crippen LogP contribution in [0.5, 0.6) is 0 Å². The molecule has 144 valence electrons. The van der Waals surface area contributed by atoms with Crippen molar-refractivity contribution in [1.82, 2.24) is 0 Å². The quantitative estimate of drug-likeness (QED) is 0.431. The Morgan fingerprint density at radius 1 is 0.500 bits per heavy atom. The molecule has 0 fully saturated rings. The molecule has 0 saturated heterocycles. The number of fused-ring (bicyclic) bond motifs is 1. The molecular formula is C27H32P+. The summed E-state index contributed by atoms with van der Waals surface area (Å²) in [5, 5.41) is 3.14. The minimum atomic E-state index is -1.85. The van der Waals surface area contributed by atoms with Crippen molar-refractivity contribution in [3.8, 4) is 0 Å². The molecule has 1 aliphatic rings. The summed E-state index contributed by atoms with van der Waals surface area (Å²) in [5.74, 6) is 0. The van der Waals surface area contributed by atoms with Crippen molar-refractivity contribution in [3.05, 3.63) is 96.1 Å². The lowest BCUT2D eigenvalue weighted by Crippen LogP contribution is -2.59. The first-order chi connectivity index (χ1) is 13.2. The summed E-state index contributed by atoms with van der Waals surface area (Å²) in [6, 6.07) is 31.9. The average molecular weight is 388 g/mol. The van der Waals surface area contributed by atoms with Crippen molar-refractivity contribution in [2.24, 2.45) is 0 Å². The van der Waals surface area contributed by atoms with Crippen LogP contribution in [-0.2, 0) is 10.6 Å². The molecule has 0 aliphatic carbocycles. The van der Waals surface area contributed by atoms with Gasteiger partial charge in [0.05, 0.1) is 12.4 Å². The van der Waals surface area contributed by atoms with E-state index in [2.05, 4.69) is 126 Å². The van der Waals surface area contributed by atoms with Crippen LogP contribution >= 0.6 is 7.26 Å². The third-order valence-corrected chi connectivity index (χ3v) is 14.1. The second-order valence-electron chi connectivity index (χ2n) is 9.63. The van der Waals surface area contributed by atoms with E-state index in [1.54, 1.807) is 0 Å². The van der Waals surface area contributed by atoms with E-state index in [4.69, 9.17) is 0 Å². The topological polar surface area (TPSA) is 0 Å². The van der Waals surface area contributed by atoms with Crippen LogP contribution in [0.3, 0.4) is 0 Å². The third kappa shape index (κ3) is 2.22. The normalized spacial score (nSPS) is 20.9. The molecule has 0 N–H and O–H groups in total. The average Bonchev–Trinajstić information content (AvgIpc) is 2.69. The SMILES string of the molecule is CC1(C)c2ccccc2C(C)(C)[P+](c2ccccc2)(c2ccccc2)C1(C)C. The smallest absolute Gasteiger partial charge is 0.0620 e. The van der Waals surface area contributed by atoms with E-state index < -0.39 is 7.26 Å². The highest BCUT2D eigenvalue weighted by Crippen LogP contribution is 2.84. The van der Waals surface area contributed by atoms with Gasteiger partial charge in [0, 0.05) is 5.41 Å². The Kier molecular flexibility index (Phi) is 4.36. The van der Waals surface area contributed by atoms with Gasteiger partial charge in [-0.25, -0.2) is 0 Å². The summed E-state index contributed by atoms with van der Waals surface area (Å²) in [7, 11) is -1.85. The second kappa shape index (κ2) is 6.30. The van der Waals surface area contributed by atoms with Gasteiger partial charge in [0.1, 0.15) is 15.8 Å². The van der Waals surface area contributed by atoms with Crippen molar-refractivity contribution in [2.45, 2.75) is 57.3 Å². The van der Waals surface area contributed by atoms with Crippen molar-refractivity contribution in [1.29, 1.82) is 0 Å². The van der Waals surface area contributed by atoms with Gasteiger partial charge >= 0.3 is 0 Å². The summed E-state index contributed by atoms with van der Waals surface area (Å²) < 4.78 is 0. The predicted molar refractivity (Wildman–Crippen MR) is 126 cm³/mol. The molecule has 0 spiro atoms. The van der Waals surface area contributed by atoms with E-state index in [9.17, 15) is 0 Å². The van der Waals surface area contributed by atoms with Crippen molar-refractivity contribution < 1.29 is 0 Å². The maximum atomic E-state index is 2.53. The van der Waals surface area contributed by atoms with E-state index >= 15 is 0 Å². The van der Waals surface area contributed by atoms with Gasteiger partial charge in [0.2, 0.25) is 0 Å². The summed E-state index contributed by atoms with van der Waals surface area (Å²) in [5.41, 5.74) is 3.08. The van der Waals surface area contributed by atoms with Crippen LogP contribution in [0.2, 0.25) is 0 Å². The van der Waals surface area contributed by atoms with Gasteiger partial charge in [-0.2, -0.15) is 0 Å². The zero-order valence-corrected chi connectivity index (χ0v) is 18.9. The van der Waals surface area contributed by atoms with Crippen molar-refractivity contribution in [2.75, 3.05) is 0 Å². The zero-order valence-electron chi connectivity index (χ0n) is 18.0. The van der Waals surface area contributed by atoms with Crippen molar-refractivity contribution in [3.63, 3.8) is 0 Å². The van der Waals surface area contributed by atoms with Gasteiger partial charge < -0.3 is 0 Å². The summed E-state index contributed by atoms with van der Waals surface area (Å²) in [6.45, 7) is 15.0. The molecule has 0 bridgehead atoms. The fourth-order valence-electron chi connectivity index (χ4n) is 5.93. The van der Waals surface area contributed by atoms with E-state index in [0.29, 0.717) is 0 Å². The molecule has 4 rings (SSSR count). The molecule has 1 aliphatic heterocycles. The Bertz CT molecular complexity index is 942. The Labute approximate surface area is 171 Å². The fourth-order valence-corrected chi connectivity index (χ4v) is 13.0. The minimum absolute atomic E-state index is 0.0331. The van der Waals surface area contributed by atoms with Gasteiger partial charge in [-0.1, -0.05) is 74.5 Å². The van der Waals surface area contributed by atoms with E-state index in [-0.39, 0.29) is 15.7 Å². The maximum absolute atomic E-state index is 2.53. The largest absolute Gasteiger partial charge is 0.109 e. The van der Waals surface area contributed by atoms with Crippen LogP contribution < -0.4 is 10.6 Å². The predicted octanol–water partition coefficient (Wildman–Crippen LogP) is 6.66. The highest BCUT2D eigenvalue weighted by Gasteiger charge is 2.73. The van der Waals surface area contributed by atoms with E-state index in [1.165, 1.54) is 21.7 Å². The molecule has 3 aromatic rings. The van der Waals surface area contributed by atoms with Crippen LogP contribution in [0, 0.1) is 0 Å². The number of benzene rings is 3. The first-order valence-electron chi connectivity index (χ1n) is 10.3. The first kappa shape index (κ1) is 19.4. The fraction of sp³-hybridized carbons (Fsp3) is 0.333. The number of hydrogen-bond acceptors (Lipinski definition) is 0. The molecule has 0 unspecified atom stereocenters. The maximum Gasteiger partial charge on any atom is 0.109 e. The molecule has 0 saturated carbocycles. The van der Waals surface area contributed by atoms with Gasteiger partial charge in [-0.15, -0.1) is 0 Å². The molecule has 3 aromatic carbocycles. The summed E-state index contributed by atoms with van der Waals surface area (Å²) >= 11 is 0. The van der Waals surface area contributed by atoms with Crippen LogP contribution in [0.1, 0.15) is 52.7 Å². The van der Waals surface area contributed by atoms with Gasteiger partial charge in [-0.3, -0.25) is 0 Å². The van der Waals surface area contributed by atoms with Crippen LogP contribution in [-0.4, -0.2) is 5.16 Å². The monoisotopic (exact) mass is 387 g/mol. The lowest BCUT2D eigenvalue weighted by atomic mass is 9.70. The van der Waals surface area contributed by atoms with Crippen molar-refractivity contribution >= 4 is 17.9 Å². The first-order valence-corrected chi connectivity index (χ1v) is 12.1. The molecule has 0 radical (unpaired) electrons. The van der Waals surface area contributed by atoms with Crippen LogP contribution in [0.25, 0.3) is 0 Å². The molecule has 0 aromatic heterocycles. The second-order valence-corrected chi connectivity index (χ2v) is 14.2. The van der Waals surface area contributed by atoms with Gasteiger partial charge in [-0.05, 0) is 63.1 Å². The number of hydrogen-bond donors (Lipinski definition) is 0. The zero-order chi connectivity index (χ0) is 20.2. The molecule has 0 atom stereocenters. The molecule has 1 heterocycles. The highest BCUT2D eigenvalue weighted by molar-refractivity contribution is 7.91. The summed E-state index contributed by atoms with van der Waals surface area (Å²) in [6.07, 6.45) is 0. The minimum Gasteiger partial charge on any atom is -0.0620 e. The van der Waals surface area contributed by atoms with E-state index in [1.807, 2.05) is 0 Å². The molecule has 0 amide bonds. The summed E-state index contributed by atoms with van der Waals surface area (Å²) in [4.78, 5) is 0. The Hall–Kier alpha value is -1.91. The molecular weight excluding hydrogens is 355 g/mol. The molecule has 0 nitrogen and oxygen atoms in total. The lowest BCUT2D eigenvalue weighted by Gasteiger charge is -2.60. The Morgan fingerprint density at radius 3 is 1.36 bits per heavy atom. The Morgan fingerprint density at radius 2 is 0.893 bits per heavy atom.